The van der Waals surface area contributed by atoms with Crippen LogP contribution >= 0.6 is 11.8 Å². The molecular formula is C23H26N4O2S. The van der Waals surface area contributed by atoms with Crippen molar-refractivity contribution in [2.45, 2.75) is 24.2 Å². The second kappa shape index (κ2) is 10.1. The molecule has 1 aromatic heterocycles. The lowest BCUT2D eigenvalue weighted by Crippen LogP contribution is -2.18. The Labute approximate surface area is 181 Å². The molecule has 3 aromatic rings. The van der Waals surface area contributed by atoms with E-state index in [2.05, 4.69) is 58.6 Å². The quantitative estimate of drug-likeness (QED) is 0.325. The van der Waals surface area contributed by atoms with E-state index in [0.29, 0.717) is 34.7 Å². The minimum Gasteiger partial charge on any atom is -0.465 e. The largest absolute Gasteiger partial charge is 0.465 e. The number of hydrogen-bond donors (Lipinski definition) is 1. The highest BCUT2D eigenvalue weighted by atomic mass is 32.2. The highest BCUT2D eigenvalue weighted by molar-refractivity contribution is 7.98. The van der Waals surface area contributed by atoms with Gasteiger partial charge in [-0.1, -0.05) is 60.2 Å². The zero-order valence-electron chi connectivity index (χ0n) is 17.7. The van der Waals surface area contributed by atoms with Crippen molar-refractivity contribution in [2.24, 2.45) is 0 Å². The van der Waals surface area contributed by atoms with E-state index in [1.54, 1.807) is 0 Å². The molecule has 0 unspecified atom stereocenters. The minimum atomic E-state index is -0.456. The first-order chi connectivity index (χ1) is 14.5. The van der Waals surface area contributed by atoms with E-state index in [9.17, 15) is 4.79 Å². The SMILES string of the molecule is COC(=O)c1c(NCc2ccc(C)cc2)nc(N(C)C)nc1SCc1ccccc1. The molecular weight excluding hydrogens is 396 g/mol. The number of esters is 1. The average molecular weight is 423 g/mol. The third-order valence-corrected chi connectivity index (χ3v) is 5.50. The summed E-state index contributed by atoms with van der Waals surface area (Å²) in [5.41, 5.74) is 3.80. The third kappa shape index (κ3) is 5.51. The first kappa shape index (κ1) is 21.6. The average Bonchev–Trinajstić information content (AvgIpc) is 2.77. The number of rotatable bonds is 8. The van der Waals surface area contributed by atoms with Gasteiger partial charge >= 0.3 is 5.97 Å². The molecule has 156 valence electrons. The Kier molecular flexibility index (Phi) is 7.30. The zero-order chi connectivity index (χ0) is 21.5. The molecule has 6 nitrogen and oxygen atoms in total. The van der Waals surface area contributed by atoms with Crippen LogP contribution < -0.4 is 10.2 Å². The summed E-state index contributed by atoms with van der Waals surface area (Å²) in [5.74, 6) is 1.23. The molecule has 2 aromatic carbocycles. The Hall–Kier alpha value is -3.06. The number of aromatic nitrogens is 2. The van der Waals surface area contributed by atoms with Crippen LogP contribution in [0.15, 0.2) is 59.6 Å². The summed E-state index contributed by atoms with van der Waals surface area (Å²) in [6.45, 7) is 2.59. The Morgan fingerprint density at radius 3 is 2.37 bits per heavy atom. The summed E-state index contributed by atoms with van der Waals surface area (Å²) in [4.78, 5) is 23.7. The Balaban J connectivity index is 1.94. The maximum absolute atomic E-state index is 12.6. The van der Waals surface area contributed by atoms with Gasteiger partial charge in [0.05, 0.1) is 7.11 Å². The van der Waals surface area contributed by atoms with Crippen LogP contribution in [0.4, 0.5) is 11.8 Å². The van der Waals surface area contributed by atoms with Crippen molar-refractivity contribution in [3.63, 3.8) is 0 Å². The lowest BCUT2D eigenvalue weighted by Gasteiger charge is -2.18. The van der Waals surface area contributed by atoms with Gasteiger partial charge in [-0.15, -0.1) is 11.8 Å². The molecule has 0 saturated carbocycles. The standard InChI is InChI=1S/C23H26N4O2S/c1-16-10-12-17(13-11-16)14-24-20-19(22(28)29-4)21(26-23(25-20)27(2)3)30-15-18-8-6-5-7-9-18/h5-13H,14-15H2,1-4H3,(H,24,25,26). The van der Waals surface area contributed by atoms with Crippen molar-refractivity contribution in [1.82, 2.24) is 9.97 Å². The van der Waals surface area contributed by atoms with Crippen LogP contribution in [0.2, 0.25) is 0 Å². The topological polar surface area (TPSA) is 67.3 Å². The number of ether oxygens (including phenoxy) is 1. The van der Waals surface area contributed by atoms with Crippen molar-refractivity contribution in [1.29, 1.82) is 0 Å². The van der Waals surface area contributed by atoms with E-state index < -0.39 is 5.97 Å². The van der Waals surface area contributed by atoms with Gasteiger partial charge in [0, 0.05) is 26.4 Å². The van der Waals surface area contributed by atoms with Crippen molar-refractivity contribution < 1.29 is 9.53 Å². The number of thioether (sulfide) groups is 1. The number of benzene rings is 2. The lowest BCUT2D eigenvalue weighted by atomic mass is 10.1. The molecule has 0 atom stereocenters. The van der Waals surface area contributed by atoms with E-state index in [4.69, 9.17) is 4.74 Å². The first-order valence-electron chi connectivity index (χ1n) is 9.61. The summed E-state index contributed by atoms with van der Waals surface area (Å²) in [6.07, 6.45) is 0. The summed E-state index contributed by atoms with van der Waals surface area (Å²) in [7, 11) is 5.13. The maximum Gasteiger partial charge on any atom is 0.344 e. The number of nitrogens with one attached hydrogen (secondary N) is 1. The van der Waals surface area contributed by atoms with E-state index in [1.165, 1.54) is 24.4 Å². The fraction of sp³-hybridized carbons (Fsp3) is 0.261. The van der Waals surface area contributed by atoms with Gasteiger partial charge in [0.15, 0.2) is 0 Å². The molecule has 3 rings (SSSR count). The van der Waals surface area contributed by atoms with E-state index in [0.717, 1.165) is 11.1 Å². The van der Waals surface area contributed by atoms with Crippen LogP contribution in [0, 0.1) is 6.92 Å². The Morgan fingerprint density at radius 1 is 1.03 bits per heavy atom. The van der Waals surface area contributed by atoms with E-state index in [-0.39, 0.29) is 0 Å². The van der Waals surface area contributed by atoms with Gasteiger partial charge in [0.25, 0.3) is 0 Å². The normalized spacial score (nSPS) is 10.5. The van der Waals surface area contributed by atoms with Crippen molar-refractivity contribution in [3.05, 3.63) is 76.9 Å². The Bertz CT molecular complexity index is 992. The molecule has 0 fully saturated rings. The molecule has 0 spiro atoms. The predicted octanol–water partition coefficient (Wildman–Crippen LogP) is 4.54. The van der Waals surface area contributed by atoms with Crippen LogP contribution in [0.3, 0.4) is 0 Å². The lowest BCUT2D eigenvalue weighted by molar-refractivity contribution is 0.0596. The number of nitrogens with zero attached hydrogens (tertiary/aromatic N) is 3. The van der Waals surface area contributed by atoms with Crippen LogP contribution in [0.25, 0.3) is 0 Å². The number of carbonyl (C=O) groups excluding carboxylic acids is 1. The highest BCUT2D eigenvalue weighted by Crippen LogP contribution is 2.31. The van der Waals surface area contributed by atoms with Crippen molar-refractivity contribution >= 4 is 29.5 Å². The molecule has 1 N–H and O–H groups in total. The maximum atomic E-state index is 12.6. The molecule has 1 heterocycles. The molecule has 0 aliphatic heterocycles. The van der Waals surface area contributed by atoms with Crippen LogP contribution in [0.5, 0.6) is 0 Å². The highest BCUT2D eigenvalue weighted by Gasteiger charge is 2.23. The molecule has 0 radical (unpaired) electrons. The number of anilines is 2. The van der Waals surface area contributed by atoms with Gasteiger partial charge < -0.3 is 15.0 Å². The second-order valence-corrected chi connectivity index (χ2v) is 8.02. The van der Waals surface area contributed by atoms with Crippen LogP contribution in [-0.4, -0.2) is 37.1 Å². The Morgan fingerprint density at radius 2 is 1.73 bits per heavy atom. The monoisotopic (exact) mass is 422 g/mol. The molecule has 0 aliphatic rings. The molecule has 0 amide bonds. The van der Waals surface area contributed by atoms with Gasteiger partial charge in [-0.25, -0.2) is 9.78 Å². The summed E-state index contributed by atoms with van der Waals surface area (Å²) >= 11 is 1.49. The fourth-order valence-electron chi connectivity index (χ4n) is 2.76. The minimum absolute atomic E-state index is 0.358. The molecule has 0 saturated heterocycles. The van der Waals surface area contributed by atoms with Gasteiger partial charge in [-0.05, 0) is 18.1 Å². The fourth-order valence-corrected chi connectivity index (χ4v) is 3.73. The summed E-state index contributed by atoms with van der Waals surface area (Å²) < 4.78 is 5.05. The van der Waals surface area contributed by atoms with E-state index >= 15 is 0 Å². The second-order valence-electron chi connectivity index (χ2n) is 7.05. The summed E-state index contributed by atoms with van der Waals surface area (Å²) in [5, 5.41) is 3.90. The third-order valence-electron chi connectivity index (χ3n) is 4.45. The summed E-state index contributed by atoms with van der Waals surface area (Å²) in [6, 6.07) is 18.3. The first-order valence-corrected chi connectivity index (χ1v) is 10.6. The molecule has 0 aliphatic carbocycles. The van der Waals surface area contributed by atoms with Gasteiger partial charge in [0.2, 0.25) is 5.95 Å². The van der Waals surface area contributed by atoms with Gasteiger partial charge in [-0.2, -0.15) is 4.98 Å². The van der Waals surface area contributed by atoms with Crippen molar-refractivity contribution in [2.75, 3.05) is 31.4 Å². The number of aryl methyl sites for hydroxylation is 1. The van der Waals surface area contributed by atoms with Crippen molar-refractivity contribution in [3.8, 4) is 0 Å². The van der Waals surface area contributed by atoms with Gasteiger partial charge in [0.1, 0.15) is 16.4 Å². The van der Waals surface area contributed by atoms with Crippen LogP contribution in [-0.2, 0) is 17.0 Å². The molecule has 0 bridgehead atoms. The predicted molar refractivity (Wildman–Crippen MR) is 122 cm³/mol. The smallest absolute Gasteiger partial charge is 0.344 e. The van der Waals surface area contributed by atoms with Gasteiger partial charge in [-0.3, -0.25) is 0 Å². The number of carbonyl (C=O) groups is 1. The van der Waals surface area contributed by atoms with E-state index in [1.807, 2.05) is 37.2 Å². The number of methoxy groups -OCH3 is 1. The zero-order valence-corrected chi connectivity index (χ0v) is 18.5. The van der Waals surface area contributed by atoms with Crippen LogP contribution in [0.1, 0.15) is 27.0 Å². The number of hydrogen-bond acceptors (Lipinski definition) is 7. The molecule has 30 heavy (non-hydrogen) atoms. The molecule has 7 heteroatoms.